The lowest BCUT2D eigenvalue weighted by atomic mass is 10.3. The van der Waals surface area contributed by atoms with Gasteiger partial charge in [-0.2, -0.15) is 0 Å². The van der Waals surface area contributed by atoms with E-state index in [4.69, 9.17) is 0 Å². The Morgan fingerprint density at radius 3 is 2.67 bits per heavy atom. The summed E-state index contributed by atoms with van der Waals surface area (Å²) in [7, 11) is -2.02. The molecule has 0 saturated carbocycles. The fraction of sp³-hybridized carbons (Fsp3) is 0.364. The summed E-state index contributed by atoms with van der Waals surface area (Å²) in [6.45, 7) is 1.34. The van der Waals surface area contributed by atoms with Crippen LogP contribution in [-0.2, 0) is 19.4 Å². The molecule has 0 radical (unpaired) electrons. The van der Waals surface area contributed by atoms with Crippen molar-refractivity contribution >= 4 is 21.4 Å². The number of benzene rings is 1. The molecule has 0 fully saturated rings. The number of methoxy groups -OCH3 is 1. The number of aromatic hydroxyl groups is 1. The standard InChI is InChI=1S/C11H15NO5S/c1-3-18(15,16)8-4-5-10(13)9(6-8)12-11(14)7-17-2/h4-6,13H,3,7H2,1-2H3,(H,12,14). The van der Waals surface area contributed by atoms with Crippen LogP contribution in [0.5, 0.6) is 5.75 Å². The quantitative estimate of drug-likeness (QED) is 0.773. The normalized spacial score (nSPS) is 11.2. The van der Waals surface area contributed by atoms with Gasteiger partial charge in [0.05, 0.1) is 16.3 Å². The number of rotatable bonds is 5. The molecule has 1 aromatic rings. The first-order chi connectivity index (χ1) is 8.40. The number of carbonyl (C=O) groups excluding carboxylic acids is 1. The number of phenolic OH excluding ortho intramolecular Hbond substituents is 1. The molecule has 18 heavy (non-hydrogen) atoms. The summed E-state index contributed by atoms with van der Waals surface area (Å²) >= 11 is 0. The van der Waals surface area contributed by atoms with Gasteiger partial charge in [-0.05, 0) is 18.2 Å². The first-order valence-corrected chi connectivity index (χ1v) is 6.90. The molecule has 0 saturated heterocycles. The molecule has 1 amide bonds. The number of ether oxygens (including phenoxy) is 1. The maximum atomic E-state index is 11.7. The Bertz CT molecular complexity index is 538. The van der Waals surface area contributed by atoms with Gasteiger partial charge in [0, 0.05) is 7.11 Å². The van der Waals surface area contributed by atoms with Crippen molar-refractivity contribution in [1.82, 2.24) is 0 Å². The highest BCUT2D eigenvalue weighted by atomic mass is 32.2. The highest BCUT2D eigenvalue weighted by Gasteiger charge is 2.15. The molecule has 100 valence electrons. The SMILES string of the molecule is CCS(=O)(=O)c1ccc(O)c(NC(=O)COC)c1. The summed E-state index contributed by atoms with van der Waals surface area (Å²) in [5.41, 5.74) is 0.0478. The fourth-order valence-corrected chi connectivity index (χ4v) is 2.20. The van der Waals surface area contributed by atoms with E-state index in [0.717, 1.165) is 0 Å². The van der Waals surface area contributed by atoms with Gasteiger partial charge in [0.2, 0.25) is 5.91 Å². The van der Waals surface area contributed by atoms with E-state index in [-0.39, 0.29) is 28.7 Å². The Morgan fingerprint density at radius 2 is 2.11 bits per heavy atom. The van der Waals surface area contributed by atoms with Gasteiger partial charge < -0.3 is 15.2 Å². The minimum Gasteiger partial charge on any atom is -0.506 e. The molecule has 0 bridgehead atoms. The Hall–Kier alpha value is -1.60. The van der Waals surface area contributed by atoms with Crippen LogP contribution in [0.3, 0.4) is 0 Å². The molecule has 1 rings (SSSR count). The van der Waals surface area contributed by atoms with Crippen LogP contribution in [0.1, 0.15) is 6.92 Å². The Balaban J connectivity index is 3.06. The van der Waals surface area contributed by atoms with Gasteiger partial charge in [-0.25, -0.2) is 8.42 Å². The maximum absolute atomic E-state index is 11.7. The number of hydrogen-bond donors (Lipinski definition) is 2. The van der Waals surface area contributed by atoms with Crippen molar-refractivity contribution in [2.45, 2.75) is 11.8 Å². The summed E-state index contributed by atoms with van der Waals surface area (Å²) in [6, 6.07) is 3.74. The molecular formula is C11H15NO5S. The predicted octanol–water partition coefficient (Wildman–Crippen LogP) is 0.771. The van der Waals surface area contributed by atoms with Crippen molar-refractivity contribution in [3.05, 3.63) is 18.2 Å². The molecule has 1 aromatic carbocycles. The van der Waals surface area contributed by atoms with Gasteiger partial charge >= 0.3 is 0 Å². The van der Waals surface area contributed by atoms with Gasteiger partial charge in [0.1, 0.15) is 12.4 Å². The molecule has 0 unspecified atom stereocenters. The fourth-order valence-electron chi connectivity index (χ4n) is 1.29. The van der Waals surface area contributed by atoms with Gasteiger partial charge in [-0.1, -0.05) is 6.92 Å². The number of amides is 1. The molecule has 2 N–H and O–H groups in total. The number of anilines is 1. The highest BCUT2D eigenvalue weighted by molar-refractivity contribution is 7.91. The lowest BCUT2D eigenvalue weighted by molar-refractivity contribution is -0.119. The molecule has 0 aliphatic rings. The second kappa shape index (κ2) is 5.83. The van der Waals surface area contributed by atoms with Crippen LogP contribution >= 0.6 is 0 Å². The van der Waals surface area contributed by atoms with Crippen LogP contribution < -0.4 is 5.32 Å². The van der Waals surface area contributed by atoms with E-state index in [1.807, 2.05) is 0 Å². The monoisotopic (exact) mass is 273 g/mol. The zero-order valence-electron chi connectivity index (χ0n) is 10.1. The minimum absolute atomic E-state index is 0.0478. The average molecular weight is 273 g/mol. The summed E-state index contributed by atoms with van der Waals surface area (Å²) in [6.07, 6.45) is 0. The molecule has 0 atom stereocenters. The third-order valence-corrected chi connectivity index (χ3v) is 3.99. The summed E-state index contributed by atoms with van der Waals surface area (Å²) < 4.78 is 27.9. The topological polar surface area (TPSA) is 92.7 Å². The van der Waals surface area contributed by atoms with E-state index in [1.165, 1.54) is 32.2 Å². The summed E-state index contributed by atoms with van der Waals surface area (Å²) in [4.78, 5) is 11.3. The summed E-state index contributed by atoms with van der Waals surface area (Å²) in [5, 5.41) is 11.9. The zero-order chi connectivity index (χ0) is 13.8. The van der Waals surface area contributed by atoms with Gasteiger partial charge in [0.25, 0.3) is 0 Å². The predicted molar refractivity (Wildman–Crippen MR) is 66.3 cm³/mol. The molecule has 0 spiro atoms. The maximum Gasteiger partial charge on any atom is 0.250 e. The van der Waals surface area contributed by atoms with Crippen molar-refractivity contribution in [2.24, 2.45) is 0 Å². The Morgan fingerprint density at radius 1 is 1.44 bits per heavy atom. The second-order valence-corrected chi connectivity index (χ2v) is 5.84. The summed E-state index contributed by atoms with van der Waals surface area (Å²) in [5.74, 6) is -0.725. The minimum atomic E-state index is -3.38. The van der Waals surface area contributed by atoms with Crippen molar-refractivity contribution in [3.8, 4) is 5.75 Å². The molecule has 0 aliphatic heterocycles. The van der Waals surface area contributed by atoms with Gasteiger partial charge in [-0.3, -0.25) is 4.79 Å². The Labute approximate surface area is 106 Å². The molecular weight excluding hydrogens is 258 g/mol. The first-order valence-electron chi connectivity index (χ1n) is 5.25. The van der Waals surface area contributed by atoms with Crippen LogP contribution in [0, 0.1) is 0 Å². The van der Waals surface area contributed by atoms with Crippen molar-refractivity contribution in [2.75, 3.05) is 24.8 Å². The van der Waals surface area contributed by atoms with Crippen LogP contribution in [0.15, 0.2) is 23.1 Å². The lowest BCUT2D eigenvalue weighted by Gasteiger charge is -2.09. The number of nitrogens with one attached hydrogen (secondary N) is 1. The molecule has 7 heteroatoms. The van der Waals surface area contributed by atoms with E-state index >= 15 is 0 Å². The third kappa shape index (κ3) is 3.44. The first kappa shape index (κ1) is 14.5. The third-order valence-electron chi connectivity index (χ3n) is 2.26. The van der Waals surface area contributed by atoms with E-state index in [9.17, 15) is 18.3 Å². The number of carbonyl (C=O) groups is 1. The zero-order valence-corrected chi connectivity index (χ0v) is 11.0. The van der Waals surface area contributed by atoms with Crippen molar-refractivity contribution < 1.29 is 23.1 Å². The number of phenols is 1. The van der Waals surface area contributed by atoms with Crippen LogP contribution in [0.4, 0.5) is 5.69 Å². The van der Waals surface area contributed by atoms with Crippen LogP contribution in [0.2, 0.25) is 0 Å². The van der Waals surface area contributed by atoms with Crippen LogP contribution in [-0.4, -0.2) is 38.9 Å². The van der Waals surface area contributed by atoms with Crippen molar-refractivity contribution in [1.29, 1.82) is 0 Å². The van der Waals surface area contributed by atoms with E-state index in [1.54, 1.807) is 0 Å². The highest BCUT2D eigenvalue weighted by Crippen LogP contribution is 2.26. The molecule has 0 heterocycles. The van der Waals surface area contributed by atoms with E-state index < -0.39 is 15.7 Å². The largest absolute Gasteiger partial charge is 0.506 e. The van der Waals surface area contributed by atoms with Gasteiger partial charge in [-0.15, -0.1) is 0 Å². The smallest absolute Gasteiger partial charge is 0.250 e. The second-order valence-electron chi connectivity index (χ2n) is 3.56. The Kier molecular flexibility index (Phi) is 4.69. The van der Waals surface area contributed by atoms with E-state index in [0.29, 0.717) is 0 Å². The lowest BCUT2D eigenvalue weighted by Crippen LogP contribution is -2.17. The molecule has 0 aliphatic carbocycles. The number of hydrogen-bond acceptors (Lipinski definition) is 5. The van der Waals surface area contributed by atoms with Crippen molar-refractivity contribution in [3.63, 3.8) is 0 Å². The van der Waals surface area contributed by atoms with E-state index in [2.05, 4.69) is 10.1 Å². The molecule has 0 aromatic heterocycles. The van der Waals surface area contributed by atoms with Crippen LogP contribution in [0.25, 0.3) is 0 Å². The van der Waals surface area contributed by atoms with Gasteiger partial charge in [0.15, 0.2) is 9.84 Å². The molecule has 6 nitrogen and oxygen atoms in total. The average Bonchev–Trinajstić information content (AvgIpc) is 2.32. The number of sulfone groups is 1.